The van der Waals surface area contributed by atoms with Crippen molar-refractivity contribution in [2.24, 2.45) is 0 Å². The lowest BCUT2D eigenvalue weighted by atomic mass is 10.1. The Balaban J connectivity index is 1.69. The summed E-state index contributed by atoms with van der Waals surface area (Å²) in [5.74, 6) is 1.34. The second-order valence-electron chi connectivity index (χ2n) is 6.80. The summed E-state index contributed by atoms with van der Waals surface area (Å²) in [6, 6.07) is 7.87. The van der Waals surface area contributed by atoms with Crippen molar-refractivity contribution >= 4 is 17.2 Å². The SMILES string of the molecule is COc1ccc(-c2cnc3c(N4CC[C@@H](NC(C)=O)C4)ccnn23)cc1OC. The topological polar surface area (TPSA) is 81.0 Å². The van der Waals surface area contributed by atoms with Gasteiger partial charge >= 0.3 is 0 Å². The van der Waals surface area contributed by atoms with Crippen molar-refractivity contribution in [2.75, 3.05) is 32.2 Å². The number of nitrogens with one attached hydrogen (secondary N) is 1. The number of ether oxygens (including phenoxy) is 2. The van der Waals surface area contributed by atoms with Gasteiger partial charge in [0.05, 0.1) is 38.0 Å². The quantitative estimate of drug-likeness (QED) is 0.729. The van der Waals surface area contributed by atoms with Crippen molar-refractivity contribution in [3.8, 4) is 22.8 Å². The molecule has 3 heterocycles. The van der Waals surface area contributed by atoms with Crippen LogP contribution >= 0.6 is 0 Å². The first-order valence-corrected chi connectivity index (χ1v) is 9.18. The Morgan fingerprint density at radius 3 is 2.79 bits per heavy atom. The molecular weight excluding hydrogens is 358 g/mol. The number of carbonyl (C=O) groups is 1. The zero-order valence-corrected chi connectivity index (χ0v) is 16.2. The molecule has 1 atom stereocenters. The number of benzene rings is 1. The van der Waals surface area contributed by atoms with Crippen LogP contribution in [0.1, 0.15) is 13.3 Å². The van der Waals surface area contributed by atoms with Crippen LogP contribution in [0.4, 0.5) is 5.69 Å². The Kier molecular flexibility index (Phi) is 4.77. The summed E-state index contributed by atoms with van der Waals surface area (Å²) in [6.07, 6.45) is 4.51. The van der Waals surface area contributed by atoms with Crippen LogP contribution in [0.3, 0.4) is 0 Å². The first-order valence-electron chi connectivity index (χ1n) is 9.18. The van der Waals surface area contributed by atoms with E-state index >= 15 is 0 Å². The van der Waals surface area contributed by atoms with E-state index in [-0.39, 0.29) is 11.9 Å². The maximum Gasteiger partial charge on any atom is 0.217 e. The highest BCUT2D eigenvalue weighted by Crippen LogP contribution is 2.33. The lowest BCUT2D eigenvalue weighted by molar-refractivity contribution is -0.119. The molecule has 0 spiro atoms. The summed E-state index contributed by atoms with van der Waals surface area (Å²) in [6.45, 7) is 3.18. The van der Waals surface area contributed by atoms with Crippen LogP contribution in [-0.2, 0) is 4.79 Å². The Morgan fingerprint density at radius 1 is 1.21 bits per heavy atom. The van der Waals surface area contributed by atoms with Gasteiger partial charge in [0, 0.05) is 31.6 Å². The third-order valence-corrected chi connectivity index (χ3v) is 5.00. The van der Waals surface area contributed by atoms with E-state index in [2.05, 4.69) is 20.3 Å². The molecule has 1 aliphatic rings. The van der Waals surface area contributed by atoms with Crippen LogP contribution in [0.5, 0.6) is 11.5 Å². The number of methoxy groups -OCH3 is 2. The number of rotatable bonds is 5. The molecule has 4 rings (SSSR count). The second-order valence-corrected chi connectivity index (χ2v) is 6.80. The fourth-order valence-electron chi connectivity index (χ4n) is 3.71. The van der Waals surface area contributed by atoms with Crippen molar-refractivity contribution in [1.82, 2.24) is 19.9 Å². The van der Waals surface area contributed by atoms with Crippen molar-refractivity contribution in [3.05, 3.63) is 36.7 Å². The number of hydrogen-bond acceptors (Lipinski definition) is 6. The summed E-state index contributed by atoms with van der Waals surface area (Å²) in [4.78, 5) is 18.2. The van der Waals surface area contributed by atoms with Gasteiger partial charge in [0.15, 0.2) is 17.1 Å². The predicted octanol–water partition coefficient (Wildman–Crippen LogP) is 2.13. The van der Waals surface area contributed by atoms with Gasteiger partial charge in [0.25, 0.3) is 0 Å². The van der Waals surface area contributed by atoms with Crippen LogP contribution in [0, 0.1) is 0 Å². The average Bonchev–Trinajstić information content (AvgIpc) is 3.33. The highest BCUT2D eigenvalue weighted by molar-refractivity contribution is 5.75. The molecule has 1 aliphatic heterocycles. The van der Waals surface area contributed by atoms with Gasteiger partial charge < -0.3 is 19.7 Å². The van der Waals surface area contributed by atoms with E-state index in [0.29, 0.717) is 11.5 Å². The van der Waals surface area contributed by atoms with Crippen molar-refractivity contribution in [1.29, 1.82) is 0 Å². The maximum absolute atomic E-state index is 11.3. The molecule has 0 bridgehead atoms. The molecule has 0 unspecified atom stereocenters. The van der Waals surface area contributed by atoms with E-state index in [1.54, 1.807) is 27.3 Å². The highest BCUT2D eigenvalue weighted by atomic mass is 16.5. The Bertz CT molecular complexity index is 1020. The smallest absolute Gasteiger partial charge is 0.217 e. The van der Waals surface area contributed by atoms with Gasteiger partial charge in [-0.25, -0.2) is 9.50 Å². The minimum atomic E-state index is 0.00303. The predicted molar refractivity (Wildman–Crippen MR) is 106 cm³/mol. The maximum atomic E-state index is 11.3. The molecule has 28 heavy (non-hydrogen) atoms. The molecule has 1 fully saturated rings. The first kappa shape index (κ1) is 18.1. The zero-order valence-electron chi connectivity index (χ0n) is 16.2. The van der Waals surface area contributed by atoms with Crippen molar-refractivity contribution in [2.45, 2.75) is 19.4 Å². The van der Waals surface area contributed by atoms with Crippen LogP contribution in [0.25, 0.3) is 16.9 Å². The van der Waals surface area contributed by atoms with E-state index in [4.69, 9.17) is 9.47 Å². The minimum Gasteiger partial charge on any atom is -0.493 e. The van der Waals surface area contributed by atoms with Crippen molar-refractivity contribution < 1.29 is 14.3 Å². The van der Waals surface area contributed by atoms with Crippen molar-refractivity contribution in [3.63, 3.8) is 0 Å². The largest absolute Gasteiger partial charge is 0.493 e. The van der Waals surface area contributed by atoms with Gasteiger partial charge in [0.2, 0.25) is 5.91 Å². The van der Waals surface area contributed by atoms with Gasteiger partial charge in [0.1, 0.15) is 0 Å². The lowest BCUT2D eigenvalue weighted by Gasteiger charge is -2.19. The number of nitrogens with zero attached hydrogens (tertiary/aromatic N) is 4. The molecule has 1 amide bonds. The zero-order chi connectivity index (χ0) is 19.7. The third-order valence-electron chi connectivity index (χ3n) is 5.00. The molecule has 0 radical (unpaired) electrons. The fraction of sp³-hybridized carbons (Fsp3) is 0.350. The van der Waals surface area contributed by atoms with Gasteiger partial charge in [-0.05, 0) is 30.7 Å². The number of carbonyl (C=O) groups excluding carboxylic acids is 1. The van der Waals surface area contributed by atoms with Gasteiger partial charge in [-0.15, -0.1) is 0 Å². The standard InChI is InChI=1S/C20H23N5O3/c1-13(26)23-15-7-9-24(12-15)16-6-8-22-25-17(11-21-20(16)25)14-4-5-18(27-2)19(10-14)28-3/h4-6,8,10-11,15H,7,9,12H2,1-3H3,(H,23,26)/t15-/m1/s1. The number of imidazole rings is 1. The molecule has 3 aromatic rings. The van der Waals surface area contributed by atoms with E-state index in [9.17, 15) is 4.79 Å². The molecule has 8 heteroatoms. The van der Waals surface area contributed by atoms with E-state index in [0.717, 1.165) is 42.1 Å². The van der Waals surface area contributed by atoms with E-state index in [1.807, 2.05) is 35.0 Å². The highest BCUT2D eigenvalue weighted by Gasteiger charge is 2.25. The Morgan fingerprint density at radius 2 is 2.04 bits per heavy atom. The molecule has 8 nitrogen and oxygen atoms in total. The van der Waals surface area contributed by atoms with E-state index < -0.39 is 0 Å². The number of amides is 1. The van der Waals surface area contributed by atoms with Crippen LogP contribution < -0.4 is 19.7 Å². The summed E-state index contributed by atoms with van der Waals surface area (Å²) in [5, 5.41) is 7.50. The molecule has 1 N–H and O–H groups in total. The Hall–Kier alpha value is -3.29. The van der Waals surface area contributed by atoms with Crippen LogP contribution in [0.2, 0.25) is 0 Å². The van der Waals surface area contributed by atoms with Crippen LogP contribution in [-0.4, -0.2) is 53.9 Å². The first-order chi connectivity index (χ1) is 13.6. The van der Waals surface area contributed by atoms with Gasteiger partial charge in [-0.2, -0.15) is 5.10 Å². The number of hydrogen-bond donors (Lipinski definition) is 1. The molecule has 1 saturated heterocycles. The number of anilines is 1. The molecule has 1 aromatic carbocycles. The average molecular weight is 381 g/mol. The van der Waals surface area contributed by atoms with E-state index in [1.165, 1.54) is 0 Å². The lowest BCUT2D eigenvalue weighted by Crippen LogP contribution is -2.35. The Labute approximate surface area is 163 Å². The molecule has 0 saturated carbocycles. The monoisotopic (exact) mass is 381 g/mol. The third kappa shape index (κ3) is 3.21. The normalized spacial score (nSPS) is 16.4. The fourth-order valence-corrected chi connectivity index (χ4v) is 3.71. The molecular formula is C20H23N5O3. The second kappa shape index (κ2) is 7.38. The number of aromatic nitrogens is 3. The summed E-state index contributed by atoms with van der Waals surface area (Å²) in [5.41, 5.74) is 3.60. The minimum absolute atomic E-state index is 0.00303. The molecule has 2 aromatic heterocycles. The number of fused-ring (bicyclic) bond motifs is 1. The summed E-state index contributed by atoms with van der Waals surface area (Å²) >= 11 is 0. The molecule has 146 valence electrons. The van der Waals surface area contributed by atoms with Gasteiger partial charge in [-0.1, -0.05) is 0 Å². The van der Waals surface area contributed by atoms with Crippen LogP contribution in [0.15, 0.2) is 36.7 Å². The summed E-state index contributed by atoms with van der Waals surface area (Å²) in [7, 11) is 3.23. The van der Waals surface area contributed by atoms with Gasteiger partial charge in [-0.3, -0.25) is 4.79 Å². The molecule has 0 aliphatic carbocycles. The summed E-state index contributed by atoms with van der Waals surface area (Å²) < 4.78 is 12.6.